The number of nitrogens with one attached hydrogen (secondary N) is 1. The Labute approximate surface area is 99.3 Å². The van der Waals surface area contributed by atoms with Gasteiger partial charge in [0.15, 0.2) is 0 Å². The van der Waals surface area contributed by atoms with Crippen molar-refractivity contribution in [3.8, 4) is 0 Å². The third kappa shape index (κ3) is 3.97. The van der Waals surface area contributed by atoms with E-state index in [-0.39, 0.29) is 0 Å². The van der Waals surface area contributed by atoms with Gasteiger partial charge in [0, 0.05) is 30.9 Å². The predicted octanol–water partition coefficient (Wildman–Crippen LogP) is 2.78. The summed E-state index contributed by atoms with van der Waals surface area (Å²) in [6.45, 7) is 10.9. The third-order valence-corrected chi connectivity index (χ3v) is 2.85. The van der Waals surface area contributed by atoms with Gasteiger partial charge in [0.05, 0.1) is 0 Å². The standard InChI is InChI=1S/C13H25N3/c1-5-14-12(4)7-6-9-16-10-8-15-13(16)11(2)3/h8,10-12,14H,5-7,9H2,1-4H3. The van der Waals surface area contributed by atoms with Crippen molar-refractivity contribution in [2.24, 2.45) is 0 Å². The lowest BCUT2D eigenvalue weighted by Gasteiger charge is -2.14. The van der Waals surface area contributed by atoms with E-state index in [9.17, 15) is 0 Å². The van der Waals surface area contributed by atoms with Crippen molar-refractivity contribution in [1.82, 2.24) is 14.9 Å². The van der Waals surface area contributed by atoms with Crippen molar-refractivity contribution in [3.63, 3.8) is 0 Å². The lowest BCUT2D eigenvalue weighted by molar-refractivity contribution is 0.478. The molecule has 0 aliphatic rings. The number of nitrogens with zero attached hydrogens (tertiary/aromatic N) is 2. The van der Waals surface area contributed by atoms with Crippen LogP contribution in [0.15, 0.2) is 12.4 Å². The lowest BCUT2D eigenvalue weighted by Crippen LogP contribution is -2.25. The molecule has 0 aliphatic heterocycles. The van der Waals surface area contributed by atoms with E-state index in [0.717, 1.165) is 13.1 Å². The molecule has 0 saturated heterocycles. The highest BCUT2D eigenvalue weighted by Crippen LogP contribution is 2.12. The Morgan fingerprint density at radius 3 is 2.75 bits per heavy atom. The second-order valence-corrected chi connectivity index (χ2v) is 4.73. The molecule has 1 atom stereocenters. The van der Waals surface area contributed by atoms with Crippen LogP contribution in [0.5, 0.6) is 0 Å². The third-order valence-electron chi connectivity index (χ3n) is 2.85. The van der Waals surface area contributed by atoms with Gasteiger partial charge >= 0.3 is 0 Å². The van der Waals surface area contributed by atoms with Crippen LogP contribution in [0, 0.1) is 0 Å². The van der Waals surface area contributed by atoms with Gasteiger partial charge in [-0.2, -0.15) is 0 Å². The first kappa shape index (κ1) is 13.2. The first-order valence-electron chi connectivity index (χ1n) is 6.39. The average Bonchev–Trinajstić information content (AvgIpc) is 2.66. The number of aromatic nitrogens is 2. The minimum Gasteiger partial charge on any atom is -0.335 e. The average molecular weight is 223 g/mol. The molecule has 1 heterocycles. The maximum atomic E-state index is 4.40. The molecule has 3 nitrogen and oxygen atoms in total. The van der Waals surface area contributed by atoms with Gasteiger partial charge in [-0.3, -0.25) is 0 Å². The normalized spacial score (nSPS) is 13.3. The molecule has 1 aromatic rings. The fraction of sp³-hybridized carbons (Fsp3) is 0.769. The van der Waals surface area contributed by atoms with Crippen LogP contribution >= 0.6 is 0 Å². The second kappa shape index (κ2) is 6.69. The van der Waals surface area contributed by atoms with Gasteiger partial charge in [0.2, 0.25) is 0 Å². The highest BCUT2D eigenvalue weighted by atomic mass is 15.1. The van der Waals surface area contributed by atoms with E-state index in [4.69, 9.17) is 0 Å². The quantitative estimate of drug-likeness (QED) is 0.770. The van der Waals surface area contributed by atoms with Crippen molar-refractivity contribution in [2.45, 2.75) is 59.0 Å². The van der Waals surface area contributed by atoms with Gasteiger partial charge in [0.25, 0.3) is 0 Å². The molecule has 1 aromatic heterocycles. The molecule has 1 N–H and O–H groups in total. The van der Waals surface area contributed by atoms with Crippen molar-refractivity contribution >= 4 is 0 Å². The molecule has 0 fully saturated rings. The number of rotatable bonds is 7. The summed E-state index contributed by atoms with van der Waals surface area (Å²) in [7, 11) is 0. The van der Waals surface area contributed by atoms with Crippen LogP contribution in [0.2, 0.25) is 0 Å². The molecule has 0 radical (unpaired) electrons. The molecule has 3 heteroatoms. The SMILES string of the molecule is CCNC(C)CCCn1ccnc1C(C)C. The smallest absolute Gasteiger partial charge is 0.111 e. The summed E-state index contributed by atoms with van der Waals surface area (Å²) < 4.78 is 2.28. The van der Waals surface area contributed by atoms with Gasteiger partial charge in [-0.1, -0.05) is 20.8 Å². The van der Waals surface area contributed by atoms with Crippen LogP contribution in [-0.2, 0) is 6.54 Å². The van der Waals surface area contributed by atoms with E-state index in [0.29, 0.717) is 12.0 Å². The van der Waals surface area contributed by atoms with Gasteiger partial charge in [-0.15, -0.1) is 0 Å². The molecule has 0 bridgehead atoms. The minimum absolute atomic E-state index is 0.515. The van der Waals surface area contributed by atoms with Crippen molar-refractivity contribution in [1.29, 1.82) is 0 Å². The van der Waals surface area contributed by atoms with Gasteiger partial charge in [-0.25, -0.2) is 4.98 Å². The second-order valence-electron chi connectivity index (χ2n) is 4.73. The maximum absolute atomic E-state index is 4.40. The number of hydrogen-bond donors (Lipinski definition) is 1. The molecule has 0 aliphatic carbocycles. The molecular weight excluding hydrogens is 198 g/mol. The number of imidazole rings is 1. The first-order chi connectivity index (χ1) is 7.65. The summed E-state index contributed by atoms with van der Waals surface area (Å²) in [6, 6.07) is 0.621. The molecule has 1 rings (SSSR count). The Kier molecular flexibility index (Phi) is 5.53. The predicted molar refractivity (Wildman–Crippen MR) is 68.7 cm³/mol. The maximum Gasteiger partial charge on any atom is 0.111 e. The largest absolute Gasteiger partial charge is 0.335 e. The first-order valence-corrected chi connectivity index (χ1v) is 6.39. The highest BCUT2D eigenvalue weighted by Gasteiger charge is 2.07. The zero-order valence-corrected chi connectivity index (χ0v) is 11.0. The van der Waals surface area contributed by atoms with Crippen molar-refractivity contribution in [3.05, 3.63) is 18.2 Å². The van der Waals surface area contributed by atoms with Crippen LogP contribution in [0.3, 0.4) is 0 Å². The van der Waals surface area contributed by atoms with Crippen LogP contribution in [0.4, 0.5) is 0 Å². The number of hydrogen-bond acceptors (Lipinski definition) is 2. The Balaban J connectivity index is 2.34. The molecule has 0 aromatic carbocycles. The Bertz CT molecular complexity index is 291. The van der Waals surface area contributed by atoms with Crippen LogP contribution in [0.25, 0.3) is 0 Å². The Morgan fingerprint density at radius 1 is 1.38 bits per heavy atom. The summed E-state index contributed by atoms with van der Waals surface area (Å²) in [5.41, 5.74) is 0. The Hall–Kier alpha value is -0.830. The van der Waals surface area contributed by atoms with E-state index in [1.54, 1.807) is 0 Å². The van der Waals surface area contributed by atoms with E-state index >= 15 is 0 Å². The van der Waals surface area contributed by atoms with Gasteiger partial charge in [-0.05, 0) is 26.3 Å². The molecular formula is C13H25N3. The van der Waals surface area contributed by atoms with E-state index in [2.05, 4.69) is 48.8 Å². The fourth-order valence-electron chi connectivity index (χ4n) is 2.03. The summed E-state index contributed by atoms with van der Waals surface area (Å²) in [6.07, 6.45) is 6.43. The number of aryl methyl sites for hydroxylation is 1. The van der Waals surface area contributed by atoms with Crippen molar-refractivity contribution < 1.29 is 0 Å². The van der Waals surface area contributed by atoms with Gasteiger partial charge < -0.3 is 9.88 Å². The molecule has 16 heavy (non-hydrogen) atoms. The topological polar surface area (TPSA) is 29.9 Å². The van der Waals surface area contributed by atoms with E-state index in [1.165, 1.54) is 18.7 Å². The fourth-order valence-corrected chi connectivity index (χ4v) is 2.03. The van der Waals surface area contributed by atoms with Crippen LogP contribution in [0.1, 0.15) is 52.3 Å². The molecule has 0 spiro atoms. The zero-order chi connectivity index (χ0) is 12.0. The summed E-state index contributed by atoms with van der Waals surface area (Å²) in [5, 5.41) is 3.44. The highest BCUT2D eigenvalue weighted by molar-refractivity contribution is 4.97. The minimum atomic E-state index is 0.515. The molecule has 1 unspecified atom stereocenters. The van der Waals surface area contributed by atoms with Crippen molar-refractivity contribution in [2.75, 3.05) is 6.54 Å². The summed E-state index contributed by atoms with van der Waals surface area (Å²) in [4.78, 5) is 4.40. The molecule has 0 saturated carbocycles. The zero-order valence-electron chi connectivity index (χ0n) is 11.0. The Morgan fingerprint density at radius 2 is 2.12 bits per heavy atom. The monoisotopic (exact) mass is 223 g/mol. The van der Waals surface area contributed by atoms with E-state index in [1.807, 2.05) is 6.20 Å². The molecule has 0 amide bonds. The molecule has 92 valence electrons. The summed E-state index contributed by atoms with van der Waals surface area (Å²) >= 11 is 0. The van der Waals surface area contributed by atoms with Crippen LogP contribution < -0.4 is 5.32 Å². The van der Waals surface area contributed by atoms with Crippen LogP contribution in [-0.4, -0.2) is 22.1 Å². The lowest BCUT2D eigenvalue weighted by atomic mass is 10.1. The van der Waals surface area contributed by atoms with Gasteiger partial charge in [0.1, 0.15) is 5.82 Å². The summed E-state index contributed by atoms with van der Waals surface area (Å²) in [5.74, 6) is 1.72. The van der Waals surface area contributed by atoms with E-state index < -0.39 is 0 Å².